The molecule has 0 saturated carbocycles. The molecule has 2 rings (SSSR count). The lowest BCUT2D eigenvalue weighted by Gasteiger charge is -2.25. The van der Waals surface area contributed by atoms with Crippen molar-refractivity contribution in [1.82, 2.24) is 5.32 Å². The van der Waals surface area contributed by atoms with Gasteiger partial charge in [-0.3, -0.25) is 4.90 Å². The van der Waals surface area contributed by atoms with E-state index in [0.29, 0.717) is 12.1 Å². The predicted molar refractivity (Wildman–Crippen MR) is 77.0 cm³/mol. The van der Waals surface area contributed by atoms with Gasteiger partial charge in [-0.15, -0.1) is 0 Å². The maximum Gasteiger partial charge on any atom is 0.327 e. The van der Waals surface area contributed by atoms with Crippen LogP contribution in [0.2, 0.25) is 0 Å². The number of nitrogens with zero attached hydrogens (tertiary/aromatic N) is 1. The number of fused-ring (bicyclic) bond motifs is 1. The lowest BCUT2D eigenvalue weighted by molar-refractivity contribution is -0.138. The molecule has 2 amide bonds. The van der Waals surface area contributed by atoms with Gasteiger partial charge in [-0.1, -0.05) is 32.0 Å². The molecule has 0 aromatic heterocycles. The monoisotopic (exact) mass is 276 g/mol. The lowest BCUT2D eigenvalue weighted by atomic mass is 10.1. The summed E-state index contributed by atoms with van der Waals surface area (Å²) in [7, 11) is 0. The van der Waals surface area contributed by atoms with Gasteiger partial charge in [0, 0.05) is 18.2 Å². The molecule has 0 fully saturated rings. The molecule has 1 aromatic rings. The van der Waals surface area contributed by atoms with Gasteiger partial charge >= 0.3 is 12.0 Å². The molecule has 2 N–H and O–H groups in total. The molecule has 108 valence electrons. The topological polar surface area (TPSA) is 69.6 Å². The number of amides is 2. The summed E-state index contributed by atoms with van der Waals surface area (Å²) in [6.45, 7) is 4.00. The Morgan fingerprint density at radius 3 is 2.60 bits per heavy atom. The maximum absolute atomic E-state index is 12.4. The van der Waals surface area contributed by atoms with Crippen LogP contribution in [0.3, 0.4) is 0 Å². The van der Waals surface area contributed by atoms with E-state index in [0.717, 1.165) is 18.4 Å². The number of carboxylic acids is 1. The molecule has 1 unspecified atom stereocenters. The summed E-state index contributed by atoms with van der Waals surface area (Å²) in [5, 5.41) is 12.2. The summed E-state index contributed by atoms with van der Waals surface area (Å²) in [6, 6.07) is 6.28. The average molecular weight is 276 g/mol. The van der Waals surface area contributed by atoms with E-state index in [1.807, 2.05) is 32.0 Å². The molecule has 0 radical (unpaired) electrons. The number of hydrogen-bond donors (Lipinski definition) is 2. The fourth-order valence-corrected chi connectivity index (χ4v) is 2.57. The summed E-state index contributed by atoms with van der Waals surface area (Å²) in [4.78, 5) is 25.2. The van der Waals surface area contributed by atoms with Crippen LogP contribution < -0.4 is 10.2 Å². The van der Waals surface area contributed by atoms with Gasteiger partial charge in [0.1, 0.15) is 6.04 Å². The van der Waals surface area contributed by atoms with E-state index in [1.165, 1.54) is 4.90 Å². The van der Waals surface area contributed by atoms with Crippen molar-refractivity contribution in [2.75, 3.05) is 4.90 Å². The first-order chi connectivity index (χ1) is 9.58. The smallest absolute Gasteiger partial charge is 0.327 e. The number of urea groups is 1. The third-order valence-corrected chi connectivity index (χ3v) is 3.79. The number of para-hydroxylation sites is 1. The van der Waals surface area contributed by atoms with Crippen LogP contribution in [0.25, 0.3) is 0 Å². The van der Waals surface area contributed by atoms with Crippen LogP contribution in [0.5, 0.6) is 0 Å². The zero-order chi connectivity index (χ0) is 14.7. The Kier molecular flexibility index (Phi) is 4.27. The number of anilines is 1. The van der Waals surface area contributed by atoms with Crippen molar-refractivity contribution in [2.45, 2.75) is 45.2 Å². The summed E-state index contributed by atoms with van der Waals surface area (Å²) in [5.41, 5.74) is 1.60. The Bertz CT molecular complexity index is 512. The van der Waals surface area contributed by atoms with Gasteiger partial charge in [0.25, 0.3) is 0 Å². The number of carbonyl (C=O) groups is 2. The number of aliphatic carboxylic acids is 1. The molecule has 0 aliphatic carbocycles. The Morgan fingerprint density at radius 1 is 1.35 bits per heavy atom. The van der Waals surface area contributed by atoms with Crippen LogP contribution in [-0.2, 0) is 11.2 Å². The van der Waals surface area contributed by atoms with Crippen molar-refractivity contribution < 1.29 is 14.7 Å². The SMILES string of the molecule is CCC(CC)NC(=O)N1c2ccccc2CC1C(=O)O. The molecule has 1 aliphatic heterocycles. The summed E-state index contributed by atoms with van der Waals surface area (Å²) < 4.78 is 0. The molecular weight excluding hydrogens is 256 g/mol. The molecule has 5 nitrogen and oxygen atoms in total. The van der Waals surface area contributed by atoms with Crippen LogP contribution in [0.15, 0.2) is 24.3 Å². The van der Waals surface area contributed by atoms with Gasteiger partial charge in [-0.25, -0.2) is 9.59 Å². The van der Waals surface area contributed by atoms with E-state index in [2.05, 4.69) is 5.32 Å². The van der Waals surface area contributed by atoms with Crippen molar-refractivity contribution in [3.05, 3.63) is 29.8 Å². The molecule has 0 spiro atoms. The van der Waals surface area contributed by atoms with Gasteiger partial charge < -0.3 is 10.4 Å². The molecule has 0 bridgehead atoms. The van der Waals surface area contributed by atoms with Crippen LogP contribution >= 0.6 is 0 Å². The average Bonchev–Trinajstić information content (AvgIpc) is 2.84. The number of benzene rings is 1. The molecule has 1 aromatic carbocycles. The highest BCUT2D eigenvalue weighted by Crippen LogP contribution is 2.32. The Hall–Kier alpha value is -2.04. The second-order valence-electron chi connectivity index (χ2n) is 5.02. The van der Waals surface area contributed by atoms with Crippen LogP contribution in [0.1, 0.15) is 32.3 Å². The third kappa shape index (κ3) is 2.61. The predicted octanol–water partition coefficient (Wildman–Crippen LogP) is 2.40. The molecule has 20 heavy (non-hydrogen) atoms. The van der Waals surface area contributed by atoms with Gasteiger partial charge in [0.2, 0.25) is 0 Å². The molecule has 1 heterocycles. The van der Waals surface area contributed by atoms with Gasteiger partial charge in [-0.05, 0) is 24.5 Å². The van der Waals surface area contributed by atoms with Crippen molar-refractivity contribution in [3.63, 3.8) is 0 Å². The summed E-state index contributed by atoms with van der Waals surface area (Å²) in [5.74, 6) is -0.971. The first kappa shape index (κ1) is 14.4. The fraction of sp³-hybridized carbons (Fsp3) is 0.467. The minimum absolute atomic E-state index is 0.0738. The fourth-order valence-electron chi connectivity index (χ4n) is 2.57. The number of nitrogens with one attached hydrogen (secondary N) is 1. The van der Waals surface area contributed by atoms with Gasteiger partial charge in [0.05, 0.1) is 0 Å². The molecule has 0 saturated heterocycles. The molecular formula is C15H20N2O3. The highest BCUT2D eigenvalue weighted by molar-refractivity contribution is 6.01. The number of carboxylic acid groups (broad SMARTS) is 1. The van der Waals surface area contributed by atoms with E-state index in [1.54, 1.807) is 6.07 Å². The van der Waals surface area contributed by atoms with Crippen molar-refractivity contribution >= 4 is 17.7 Å². The van der Waals surface area contributed by atoms with Gasteiger partial charge in [-0.2, -0.15) is 0 Å². The summed E-state index contributed by atoms with van der Waals surface area (Å²) >= 11 is 0. The zero-order valence-corrected chi connectivity index (χ0v) is 11.8. The number of carbonyl (C=O) groups excluding carboxylic acids is 1. The van der Waals surface area contributed by atoms with E-state index in [4.69, 9.17) is 0 Å². The highest BCUT2D eigenvalue weighted by Gasteiger charge is 2.38. The zero-order valence-electron chi connectivity index (χ0n) is 11.8. The normalized spacial score (nSPS) is 17.1. The maximum atomic E-state index is 12.4. The second-order valence-corrected chi connectivity index (χ2v) is 5.02. The first-order valence-corrected chi connectivity index (χ1v) is 6.98. The van der Waals surface area contributed by atoms with Crippen LogP contribution in [-0.4, -0.2) is 29.2 Å². The molecule has 1 atom stereocenters. The van der Waals surface area contributed by atoms with Crippen LogP contribution in [0, 0.1) is 0 Å². The number of rotatable bonds is 4. The minimum atomic E-state index is -0.971. The van der Waals surface area contributed by atoms with E-state index >= 15 is 0 Å². The molecule has 1 aliphatic rings. The summed E-state index contributed by atoms with van der Waals surface area (Å²) in [6.07, 6.45) is 2.02. The van der Waals surface area contributed by atoms with Crippen molar-refractivity contribution in [2.24, 2.45) is 0 Å². The minimum Gasteiger partial charge on any atom is -0.480 e. The lowest BCUT2D eigenvalue weighted by Crippen LogP contribution is -2.50. The molecule has 5 heteroatoms. The Labute approximate surface area is 118 Å². The largest absolute Gasteiger partial charge is 0.480 e. The Morgan fingerprint density at radius 2 is 2.00 bits per heavy atom. The van der Waals surface area contributed by atoms with E-state index in [9.17, 15) is 14.7 Å². The first-order valence-electron chi connectivity index (χ1n) is 6.98. The van der Waals surface area contributed by atoms with E-state index in [-0.39, 0.29) is 12.1 Å². The quantitative estimate of drug-likeness (QED) is 0.887. The Balaban J connectivity index is 2.26. The van der Waals surface area contributed by atoms with E-state index < -0.39 is 12.0 Å². The van der Waals surface area contributed by atoms with Crippen molar-refractivity contribution in [1.29, 1.82) is 0 Å². The third-order valence-electron chi connectivity index (χ3n) is 3.79. The van der Waals surface area contributed by atoms with Gasteiger partial charge in [0.15, 0.2) is 0 Å². The van der Waals surface area contributed by atoms with Crippen LogP contribution in [0.4, 0.5) is 10.5 Å². The second kappa shape index (κ2) is 5.94. The number of hydrogen-bond acceptors (Lipinski definition) is 2. The highest BCUT2D eigenvalue weighted by atomic mass is 16.4. The standard InChI is InChI=1S/C15H20N2O3/c1-3-11(4-2)16-15(20)17-12-8-6-5-7-10(12)9-13(17)14(18)19/h5-8,11,13H,3-4,9H2,1-2H3,(H,16,20)(H,18,19). The van der Waals surface area contributed by atoms with Crippen molar-refractivity contribution in [3.8, 4) is 0 Å².